The number of likely N-dealkylation sites (tertiary alicyclic amines) is 1. The predicted octanol–water partition coefficient (Wildman–Crippen LogP) is 5.74. The van der Waals surface area contributed by atoms with E-state index in [4.69, 9.17) is 28.0 Å². The first-order valence-electron chi connectivity index (χ1n) is 10.8. The van der Waals surface area contributed by atoms with Crippen molar-refractivity contribution in [3.05, 3.63) is 69.0 Å². The maximum absolute atomic E-state index is 15.3. The number of halogens is 7. The van der Waals surface area contributed by atoms with Crippen LogP contribution in [0.15, 0.2) is 41.6 Å². The van der Waals surface area contributed by atoms with Gasteiger partial charge in [0.2, 0.25) is 5.91 Å². The summed E-state index contributed by atoms with van der Waals surface area (Å²) >= 11 is 11.4. The third kappa shape index (κ3) is 4.33. The van der Waals surface area contributed by atoms with Gasteiger partial charge in [0, 0.05) is 12.0 Å². The van der Waals surface area contributed by atoms with Crippen molar-refractivity contribution in [3.8, 4) is 0 Å². The monoisotopic (exact) mass is 550 g/mol. The number of benzene rings is 2. The summed E-state index contributed by atoms with van der Waals surface area (Å²) < 4.78 is 71.6. The Hall–Kier alpha value is -2.43. The van der Waals surface area contributed by atoms with Gasteiger partial charge in [0.15, 0.2) is 11.5 Å². The van der Waals surface area contributed by atoms with Gasteiger partial charge < -0.3 is 14.8 Å². The Bertz CT molecular complexity index is 1200. The first-order valence-corrected chi connectivity index (χ1v) is 11.6. The summed E-state index contributed by atoms with van der Waals surface area (Å²) in [6.45, 7) is 2.32. The molecule has 0 bridgehead atoms. The molecule has 1 atom stereocenters. The number of amides is 1. The maximum atomic E-state index is 15.3. The van der Waals surface area contributed by atoms with Crippen molar-refractivity contribution in [2.24, 2.45) is 10.6 Å². The van der Waals surface area contributed by atoms with Crippen LogP contribution in [0.4, 0.5) is 22.0 Å². The van der Waals surface area contributed by atoms with E-state index in [1.807, 2.05) is 0 Å². The molecule has 2 aliphatic heterocycles. The standard InChI is InChI=1S/C24H21Cl2F5N2O3/c1-21(2,12-34)20(35)33-10-22(28,11-33)14-5-3-13(4-6-14)18-9-23(36-32-18,24(29,30)31)15-7-16(25)19(27)17(26)8-15/h3-8,34H,9-12H2,1-2H3. The van der Waals surface area contributed by atoms with Crippen LogP contribution in [-0.2, 0) is 20.9 Å². The molecule has 0 saturated carbocycles. The number of aliphatic hydroxyl groups excluding tert-OH is 1. The Kier molecular flexibility index (Phi) is 6.54. The second-order valence-electron chi connectivity index (χ2n) is 9.63. The van der Waals surface area contributed by atoms with Gasteiger partial charge in [-0.2, -0.15) is 13.2 Å². The summed E-state index contributed by atoms with van der Waals surface area (Å²) in [7, 11) is 0. The number of carbonyl (C=O) groups is 1. The predicted molar refractivity (Wildman–Crippen MR) is 123 cm³/mol. The van der Waals surface area contributed by atoms with Gasteiger partial charge in [-0.05, 0) is 37.1 Å². The number of nitrogens with zero attached hydrogens (tertiary/aromatic N) is 2. The molecule has 0 spiro atoms. The van der Waals surface area contributed by atoms with Crippen LogP contribution in [0.2, 0.25) is 10.0 Å². The maximum Gasteiger partial charge on any atom is 0.435 e. The number of carbonyl (C=O) groups excluding carboxylic acids is 1. The van der Waals surface area contributed by atoms with Crippen molar-refractivity contribution in [1.82, 2.24) is 4.90 Å². The lowest BCUT2D eigenvalue weighted by Gasteiger charge is -2.47. The molecule has 2 aromatic carbocycles. The van der Waals surface area contributed by atoms with E-state index < -0.39 is 50.7 Å². The molecule has 12 heteroatoms. The van der Waals surface area contributed by atoms with Crippen molar-refractivity contribution in [2.45, 2.75) is 37.7 Å². The summed E-state index contributed by atoms with van der Waals surface area (Å²) in [5, 5.41) is 11.8. The lowest BCUT2D eigenvalue weighted by Crippen LogP contribution is -2.61. The van der Waals surface area contributed by atoms with Crippen LogP contribution >= 0.6 is 23.2 Å². The Balaban J connectivity index is 1.54. The van der Waals surface area contributed by atoms with Crippen LogP contribution in [0.25, 0.3) is 0 Å². The van der Waals surface area contributed by atoms with Crippen molar-refractivity contribution in [3.63, 3.8) is 0 Å². The Labute approximate surface area is 213 Å². The molecule has 1 fully saturated rings. The number of rotatable bonds is 5. The van der Waals surface area contributed by atoms with Crippen molar-refractivity contribution < 1.29 is 36.7 Å². The SMILES string of the molecule is CC(C)(CO)C(=O)N1CC(F)(c2ccc(C3=NOC(c4cc(Cl)c(F)c(Cl)c4)(C(F)(F)F)C3)cc2)C1. The molecule has 1 unspecified atom stereocenters. The fraction of sp³-hybridized carbons (Fsp3) is 0.417. The van der Waals surface area contributed by atoms with Gasteiger partial charge >= 0.3 is 6.18 Å². The molecule has 1 N–H and O–H groups in total. The van der Waals surface area contributed by atoms with Crippen LogP contribution in [-0.4, -0.2) is 47.5 Å². The molecule has 5 nitrogen and oxygen atoms in total. The number of hydrogen-bond acceptors (Lipinski definition) is 4. The molecular formula is C24H21Cl2F5N2O3. The summed E-state index contributed by atoms with van der Waals surface area (Å²) in [6, 6.07) is 7.25. The third-order valence-electron chi connectivity index (χ3n) is 6.52. The summed E-state index contributed by atoms with van der Waals surface area (Å²) in [4.78, 5) is 18.6. The van der Waals surface area contributed by atoms with Crippen LogP contribution in [0.5, 0.6) is 0 Å². The van der Waals surface area contributed by atoms with E-state index in [1.165, 1.54) is 29.2 Å². The Morgan fingerprint density at radius 1 is 1.11 bits per heavy atom. The number of alkyl halides is 4. The molecule has 36 heavy (non-hydrogen) atoms. The average molecular weight is 551 g/mol. The van der Waals surface area contributed by atoms with E-state index in [9.17, 15) is 27.5 Å². The highest BCUT2D eigenvalue weighted by Crippen LogP contribution is 2.50. The highest BCUT2D eigenvalue weighted by Gasteiger charge is 2.62. The normalized spacial score (nSPS) is 21.6. The summed E-state index contributed by atoms with van der Waals surface area (Å²) in [5.41, 5.74) is -5.84. The number of hydrogen-bond donors (Lipinski definition) is 1. The van der Waals surface area contributed by atoms with Gasteiger partial charge in [0.25, 0.3) is 5.60 Å². The minimum absolute atomic E-state index is 0.0570. The van der Waals surface area contributed by atoms with Gasteiger partial charge in [-0.15, -0.1) is 0 Å². The highest BCUT2D eigenvalue weighted by atomic mass is 35.5. The van der Waals surface area contributed by atoms with Gasteiger partial charge in [-0.25, -0.2) is 8.78 Å². The van der Waals surface area contributed by atoms with Crippen molar-refractivity contribution >= 4 is 34.8 Å². The van der Waals surface area contributed by atoms with Crippen molar-refractivity contribution in [2.75, 3.05) is 19.7 Å². The molecule has 0 aromatic heterocycles. The van der Waals surface area contributed by atoms with Crippen LogP contribution in [0.3, 0.4) is 0 Å². The zero-order valence-electron chi connectivity index (χ0n) is 19.1. The molecular weight excluding hydrogens is 530 g/mol. The minimum atomic E-state index is -4.95. The lowest BCUT2D eigenvalue weighted by molar-refractivity contribution is -0.275. The fourth-order valence-electron chi connectivity index (χ4n) is 4.19. The first kappa shape index (κ1) is 26.6. The zero-order valence-corrected chi connectivity index (χ0v) is 20.6. The molecule has 2 aliphatic rings. The highest BCUT2D eigenvalue weighted by molar-refractivity contribution is 6.35. The first-order chi connectivity index (χ1) is 16.6. The van der Waals surface area contributed by atoms with Gasteiger partial charge in [0.1, 0.15) is 0 Å². The summed E-state index contributed by atoms with van der Waals surface area (Å²) in [5.74, 6) is -1.43. The average Bonchev–Trinajstić information content (AvgIpc) is 3.27. The molecule has 4 rings (SSSR count). The number of oxime groups is 1. The Morgan fingerprint density at radius 2 is 1.67 bits per heavy atom. The lowest BCUT2D eigenvalue weighted by atomic mass is 9.83. The Morgan fingerprint density at radius 3 is 2.17 bits per heavy atom. The van der Waals surface area contributed by atoms with E-state index >= 15 is 4.39 Å². The largest absolute Gasteiger partial charge is 0.435 e. The van der Waals surface area contributed by atoms with E-state index in [0.717, 1.165) is 12.1 Å². The fourth-order valence-corrected chi connectivity index (χ4v) is 4.68. The smallest absolute Gasteiger partial charge is 0.395 e. The topological polar surface area (TPSA) is 62.1 Å². The van der Waals surface area contributed by atoms with Gasteiger partial charge in [0.05, 0.1) is 40.9 Å². The van der Waals surface area contributed by atoms with Crippen LogP contribution < -0.4 is 0 Å². The zero-order chi connectivity index (χ0) is 26.7. The molecule has 2 aromatic rings. The van der Waals surface area contributed by atoms with Crippen LogP contribution in [0.1, 0.15) is 37.0 Å². The van der Waals surface area contributed by atoms with Gasteiger partial charge in [-0.3, -0.25) is 4.79 Å². The molecule has 2 heterocycles. The number of aliphatic hydroxyl groups is 1. The van der Waals surface area contributed by atoms with Gasteiger partial charge in [-0.1, -0.05) is 52.6 Å². The van der Waals surface area contributed by atoms with E-state index in [1.54, 1.807) is 13.8 Å². The second kappa shape index (κ2) is 8.85. The molecule has 1 amide bonds. The molecule has 194 valence electrons. The van der Waals surface area contributed by atoms with E-state index in [-0.39, 0.29) is 42.4 Å². The minimum Gasteiger partial charge on any atom is -0.395 e. The van der Waals surface area contributed by atoms with Crippen LogP contribution in [0, 0.1) is 11.2 Å². The quantitative estimate of drug-likeness (QED) is 0.381. The second-order valence-corrected chi connectivity index (χ2v) is 10.4. The molecule has 1 saturated heterocycles. The van der Waals surface area contributed by atoms with E-state index in [2.05, 4.69) is 5.16 Å². The van der Waals surface area contributed by atoms with E-state index in [0.29, 0.717) is 0 Å². The van der Waals surface area contributed by atoms with Crippen molar-refractivity contribution in [1.29, 1.82) is 0 Å². The molecule has 0 radical (unpaired) electrons. The molecule has 0 aliphatic carbocycles. The summed E-state index contributed by atoms with van der Waals surface area (Å²) in [6.07, 6.45) is -5.69. The third-order valence-corrected chi connectivity index (χ3v) is 7.07.